The molecule has 0 fully saturated rings. The molecule has 1 aromatic heterocycles. The van der Waals surface area contributed by atoms with Gasteiger partial charge in [0, 0.05) is 23.3 Å². The number of rotatable bonds is 8. The van der Waals surface area contributed by atoms with Gasteiger partial charge in [0.25, 0.3) is 0 Å². The van der Waals surface area contributed by atoms with E-state index in [4.69, 9.17) is 27.9 Å². The van der Waals surface area contributed by atoms with Crippen LogP contribution in [-0.4, -0.2) is 28.2 Å². The van der Waals surface area contributed by atoms with Crippen LogP contribution in [0.3, 0.4) is 0 Å². The zero-order valence-electron chi connectivity index (χ0n) is 16.4. The number of aromatic nitrogens is 2. The van der Waals surface area contributed by atoms with Gasteiger partial charge in [0.15, 0.2) is 0 Å². The molecular weight excluding hydrogens is 443 g/mol. The molecule has 31 heavy (non-hydrogen) atoms. The molecule has 3 rings (SSSR count). The van der Waals surface area contributed by atoms with Crippen LogP contribution in [0.25, 0.3) is 10.9 Å². The summed E-state index contributed by atoms with van der Waals surface area (Å²) in [5.41, 5.74) is 5.20. The molecule has 0 bridgehead atoms. The predicted molar refractivity (Wildman–Crippen MR) is 118 cm³/mol. The maximum Gasteiger partial charge on any atom is 0.240 e. The van der Waals surface area contributed by atoms with Gasteiger partial charge < -0.3 is 4.74 Å². The molecule has 0 radical (unpaired) electrons. The predicted octanol–water partition coefficient (Wildman–Crippen LogP) is 3.10. The number of ether oxygens (including phenoxy) is 1. The van der Waals surface area contributed by atoms with Crippen LogP contribution in [0, 0.1) is 0 Å². The summed E-state index contributed by atoms with van der Waals surface area (Å²) < 4.78 is 7.09. The number of hydrogen-bond donors (Lipinski definition) is 2. The molecule has 0 spiro atoms. The minimum absolute atomic E-state index is 0.0817. The van der Waals surface area contributed by atoms with Crippen molar-refractivity contribution in [2.75, 3.05) is 6.61 Å². The lowest BCUT2D eigenvalue weighted by Crippen LogP contribution is -2.42. The van der Waals surface area contributed by atoms with E-state index in [0.29, 0.717) is 33.1 Å². The third kappa shape index (κ3) is 6.44. The summed E-state index contributed by atoms with van der Waals surface area (Å²) in [6, 6.07) is 11.9. The fourth-order valence-corrected chi connectivity index (χ4v) is 3.28. The van der Waals surface area contributed by atoms with Crippen molar-refractivity contribution in [1.82, 2.24) is 20.6 Å². The molecule has 0 atom stereocenters. The van der Waals surface area contributed by atoms with Crippen LogP contribution in [0.15, 0.2) is 53.5 Å². The Kier molecular flexibility index (Phi) is 7.86. The molecule has 0 saturated carbocycles. The van der Waals surface area contributed by atoms with Gasteiger partial charge in [-0.2, -0.15) is 5.10 Å². The molecule has 0 unspecified atom stereocenters. The highest BCUT2D eigenvalue weighted by atomic mass is 35.5. The monoisotopic (exact) mass is 462 g/mol. The fraction of sp³-hybridized carbons (Fsp3) is 0.238. The summed E-state index contributed by atoms with van der Waals surface area (Å²) in [7, 11) is 0. The van der Waals surface area contributed by atoms with Crippen LogP contribution >= 0.6 is 23.2 Å². The van der Waals surface area contributed by atoms with Crippen LogP contribution in [0.5, 0.6) is 5.75 Å². The number of amides is 2. The maximum absolute atomic E-state index is 12.0. The van der Waals surface area contributed by atoms with Gasteiger partial charge in [0.2, 0.25) is 17.2 Å². The van der Waals surface area contributed by atoms with E-state index in [0.717, 1.165) is 0 Å². The van der Waals surface area contributed by atoms with Gasteiger partial charge in [0.05, 0.1) is 29.9 Å². The maximum atomic E-state index is 12.0. The molecule has 2 aromatic carbocycles. The molecule has 2 amide bonds. The van der Waals surface area contributed by atoms with Gasteiger partial charge in [-0.3, -0.25) is 29.9 Å². The van der Waals surface area contributed by atoms with Crippen molar-refractivity contribution in [3.8, 4) is 5.75 Å². The van der Waals surface area contributed by atoms with Crippen molar-refractivity contribution in [3.63, 3.8) is 0 Å². The molecule has 10 heteroatoms. The third-order valence-corrected chi connectivity index (χ3v) is 4.88. The number of fused-ring (bicyclic) bond motifs is 1. The van der Waals surface area contributed by atoms with Crippen LogP contribution in [0.4, 0.5) is 0 Å². The summed E-state index contributed by atoms with van der Waals surface area (Å²) in [6.07, 6.45) is 1.91. The minimum Gasteiger partial charge on any atom is -0.492 e. The molecule has 2 N–H and O–H groups in total. The Morgan fingerprint density at radius 3 is 2.55 bits per heavy atom. The van der Waals surface area contributed by atoms with E-state index < -0.39 is 0 Å². The first kappa shape index (κ1) is 22.6. The molecule has 1 heterocycles. The number of aryl methyl sites for hydroxylation is 1. The van der Waals surface area contributed by atoms with Crippen molar-refractivity contribution < 1.29 is 14.3 Å². The minimum atomic E-state index is -0.373. The number of halogens is 2. The molecule has 0 aliphatic rings. The number of nitrogens with zero attached hydrogens (tertiary/aromatic N) is 2. The van der Waals surface area contributed by atoms with Crippen LogP contribution in [-0.2, 0) is 16.1 Å². The number of carbonyl (C=O) groups is 2. The first-order valence-corrected chi connectivity index (χ1v) is 10.3. The number of para-hydroxylation sites is 1. The number of carbonyl (C=O) groups excluding carboxylic acids is 2. The average Bonchev–Trinajstić information content (AvgIpc) is 2.76. The Balaban J connectivity index is 1.37. The highest BCUT2D eigenvalue weighted by Crippen LogP contribution is 2.27. The lowest BCUT2D eigenvalue weighted by atomic mass is 10.2. The smallest absolute Gasteiger partial charge is 0.240 e. The lowest BCUT2D eigenvalue weighted by molar-refractivity contribution is -0.129. The lowest BCUT2D eigenvalue weighted by Gasteiger charge is -2.11. The van der Waals surface area contributed by atoms with E-state index in [9.17, 15) is 14.4 Å². The summed E-state index contributed by atoms with van der Waals surface area (Å²) >= 11 is 11.8. The van der Waals surface area contributed by atoms with Gasteiger partial charge in [-0.15, -0.1) is 0 Å². The van der Waals surface area contributed by atoms with Crippen LogP contribution < -0.4 is 21.0 Å². The molecule has 0 aliphatic heterocycles. The van der Waals surface area contributed by atoms with E-state index in [1.54, 1.807) is 47.1 Å². The highest BCUT2D eigenvalue weighted by molar-refractivity contribution is 6.35. The SMILES string of the molecule is O=C(CCCOc1ccc(Cl)cc1Cl)NNC(=O)CCn1ncc(=O)c2ccccc21. The van der Waals surface area contributed by atoms with Gasteiger partial charge >= 0.3 is 0 Å². The van der Waals surface area contributed by atoms with Crippen molar-refractivity contribution in [1.29, 1.82) is 0 Å². The average molecular weight is 463 g/mol. The Labute approximate surface area is 188 Å². The summed E-state index contributed by atoms with van der Waals surface area (Å²) in [5.74, 6) is -0.225. The molecule has 3 aromatic rings. The zero-order valence-corrected chi connectivity index (χ0v) is 17.9. The fourth-order valence-electron chi connectivity index (χ4n) is 2.82. The number of benzene rings is 2. The van der Waals surface area contributed by atoms with Crippen molar-refractivity contribution in [3.05, 3.63) is 68.9 Å². The Bertz CT molecular complexity index is 1150. The number of hydrazine groups is 1. The van der Waals surface area contributed by atoms with Crippen molar-refractivity contribution in [2.45, 2.75) is 25.8 Å². The van der Waals surface area contributed by atoms with E-state index in [1.807, 2.05) is 0 Å². The topological polar surface area (TPSA) is 102 Å². The summed E-state index contributed by atoms with van der Waals surface area (Å²) in [4.78, 5) is 35.7. The molecular formula is C21H20Cl2N4O4. The second-order valence-corrected chi connectivity index (χ2v) is 7.47. The van der Waals surface area contributed by atoms with E-state index in [-0.39, 0.29) is 43.2 Å². The Morgan fingerprint density at radius 1 is 1.03 bits per heavy atom. The highest BCUT2D eigenvalue weighted by Gasteiger charge is 2.08. The van der Waals surface area contributed by atoms with Gasteiger partial charge in [0.1, 0.15) is 5.75 Å². The Morgan fingerprint density at radius 2 is 1.77 bits per heavy atom. The number of nitrogens with one attached hydrogen (secondary N) is 2. The Hall–Kier alpha value is -3.10. The molecule has 8 nitrogen and oxygen atoms in total. The van der Waals surface area contributed by atoms with Gasteiger partial charge in [-0.25, -0.2) is 0 Å². The first-order valence-electron chi connectivity index (χ1n) is 9.54. The van der Waals surface area contributed by atoms with Gasteiger partial charge in [-0.1, -0.05) is 35.3 Å². The molecule has 0 saturated heterocycles. The standard InChI is InChI=1S/C21H20Cl2N4O4/c22-14-7-8-19(16(23)12-14)31-11-3-6-20(29)25-26-21(30)9-10-27-17-5-2-1-4-15(17)18(28)13-24-27/h1-2,4-5,7-8,12-13H,3,6,9-11H2,(H,25,29)(H,26,30). The number of hydrogen-bond acceptors (Lipinski definition) is 5. The summed E-state index contributed by atoms with van der Waals surface area (Å²) in [5, 5.41) is 5.51. The van der Waals surface area contributed by atoms with Crippen molar-refractivity contribution >= 4 is 45.9 Å². The van der Waals surface area contributed by atoms with E-state index >= 15 is 0 Å². The largest absolute Gasteiger partial charge is 0.492 e. The van der Waals surface area contributed by atoms with E-state index in [1.165, 1.54) is 6.20 Å². The second kappa shape index (κ2) is 10.8. The summed E-state index contributed by atoms with van der Waals surface area (Å²) in [6.45, 7) is 0.548. The zero-order chi connectivity index (χ0) is 22.2. The van der Waals surface area contributed by atoms with E-state index in [2.05, 4.69) is 16.0 Å². The van der Waals surface area contributed by atoms with Crippen molar-refractivity contribution in [2.24, 2.45) is 0 Å². The first-order chi connectivity index (χ1) is 14.9. The molecule has 162 valence electrons. The van der Waals surface area contributed by atoms with Crippen LogP contribution in [0.1, 0.15) is 19.3 Å². The van der Waals surface area contributed by atoms with Gasteiger partial charge in [-0.05, 0) is 36.8 Å². The third-order valence-electron chi connectivity index (χ3n) is 4.35. The molecule has 0 aliphatic carbocycles. The van der Waals surface area contributed by atoms with Crippen LogP contribution in [0.2, 0.25) is 10.0 Å². The quantitative estimate of drug-likeness (QED) is 0.395. The normalized spacial score (nSPS) is 10.6. The second-order valence-electron chi connectivity index (χ2n) is 6.62.